The van der Waals surface area contributed by atoms with Crippen LogP contribution < -0.4 is 14.4 Å². The number of Topliss-reactive ketones (excluding diaryl/α,β-unsaturated/α-hetero) is 1. The Morgan fingerprint density at radius 3 is 2.49 bits per heavy atom. The molecule has 0 bridgehead atoms. The van der Waals surface area contributed by atoms with Crippen molar-refractivity contribution in [2.45, 2.75) is 12.1 Å². The number of fused-ring (bicyclic) bond motifs is 5. The molecule has 4 atom stereocenters. The van der Waals surface area contributed by atoms with Gasteiger partial charge in [0.1, 0.15) is 17.5 Å². The fourth-order valence-electron chi connectivity index (χ4n) is 5.63. The van der Waals surface area contributed by atoms with E-state index in [-0.39, 0.29) is 17.5 Å². The van der Waals surface area contributed by atoms with Crippen molar-refractivity contribution in [3.63, 3.8) is 0 Å². The normalized spacial score (nSPS) is 24.3. The second kappa shape index (κ2) is 7.87. The predicted octanol–water partition coefficient (Wildman–Crippen LogP) is 3.70. The Bertz CT molecular complexity index is 1380. The maximum atomic E-state index is 14.0. The Morgan fingerprint density at radius 1 is 0.943 bits per heavy atom. The van der Waals surface area contributed by atoms with Gasteiger partial charge in [0.15, 0.2) is 5.76 Å². The third-order valence-corrected chi connectivity index (χ3v) is 7.12. The Kier molecular flexibility index (Phi) is 4.77. The molecule has 2 fully saturated rings. The molecule has 3 aromatic rings. The van der Waals surface area contributed by atoms with Crippen LogP contribution in [0.3, 0.4) is 0 Å². The maximum absolute atomic E-state index is 14.0. The summed E-state index contributed by atoms with van der Waals surface area (Å²) in [6.45, 7) is 0. The van der Waals surface area contributed by atoms with Gasteiger partial charge in [-0.15, -0.1) is 0 Å². The first-order valence-corrected chi connectivity index (χ1v) is 11.3. The zero-order valence-corrected chi connectivity index (χ0v) is 19.1. The van der Waals surface area contributed by atoms with Gasteiger partial charge in [0.2, 0.25) is 17.6 Å². The third-order valence-electron chi connectivity index (χ3n) is 7.12. The smallest absolute Gasteiger partial charge is 0.240 e. The van der Waals surface area contributed by atoms with Gasteiger partial charge in [-0.1, -0.05) is 24.3 Å². The Hall–Kier alpha value is -4.33. The average Bonchev–Trinajstić information content (AvgIpc) is 3.60. The molecule has 3 aliphatic rings. The third kappa shape index (κ3) is 2.96. The van der Waals surface area contributed by atoms with Gasteiger partial charge in [-0.05, 0) is 41.5 Å². The minimum atomic E-state index is -0.892. The molecular formula is C27H22N2O6. The zero-order valence-electron chi connectivity index (χ0n) is 19.1. The van der Waals surface area contributed by atoms with Crippen LogP contribution in [-0.2, 0) is 9.59 Å². The van der Waals surface area contributed by atoms with Crippen LogP contribution in [0, 0.1) is 11.8 Å². The van der Waals surface area contributed by atoms with E-state index in [2.05, 4.69) is 0 Å². The molecule has 6 rings (SSSR count). The first-order valence-electron chi connectivity index (χ1n) is 11.3. The topological polar surface area (TPSA) is 89.3 Å². The van der Waals surface area contributed by atoms with E-state index in [1.54, 1.807) is 30.3 Å². The Morgan fingerprint density at radius 2 is 1.74 bits per heavy atom. The van der Waals surface area contributed by atoms with Crippen molar-refractivity contribution in [3.05, 3.63) is 83.9 Å². The molecule has 2 amide bonds. The van der Waals surface area contributed by atoms with E-state index in [0.29, 0.717) is 17.2 Å². The number of nitrogens with zero attached hydrogens (tertiary/aromatic N) is 2. The highest BCUT2D eigenvalue weighted by molar-refractivity contribution is 6.25. The van der Waals surface area contributed by atoms with Crippen molar-refractivity contribution in [2.75, 3.05) is 19.1 Å². The largest absolute Gasteiger partial charge is 0.497 e. The summed E-state index contributed by atoms with van der Waals surface area (Å²) in [4.78, 5) is 44.6. The number of carbonyl (C=O) groups is 3. The summed E-state index contributed by atoms with van der Waals surface area (Å²) in [6, 6.07) is 14.5. The molecule has 2 aromatic carbocycles. The molecule has 0 N–H and O–H groups in total. The van der Waals surface area contributed by atoms with E-state index in [1.165, 1.54) is 20.5 Å². The quantitative estimate of drug-likeness (QED) is 0.415. The van der Waals surface area contributed by atoms with Crippen molar-refractivity contribution in [1.82, 2.24) is 4.90 Å². The number of rotatable bonds is 5. The summed E-state index contributed by atoms with van der Waals surface area (Å²) < 4.78 is 16.2. The highest BCUT2D eigenvalue weighted by Gasteiger charge is 2.65. The molecule has 0 saturated carbocycles. The summed E-state index contributed by atoms with van der Waals surface area (Å²) in [5.41, 5.74) is 2.16. The maximum Gasteiger partial charge on any atom is 0.240 e. The van der Waals surface area contributed by atoms with Gasteiger partial charge in [0.05, 0.1) is 44.0 Å². The lowest BCUT2D eigenvalue weighted by Gasteiger charge is -2.35. The number of ketones is 1. The molecular weight excluding hydrogens is 448 g/mol. The molecule has 8 nitrogen and oxygen atoms in total. The number of benzene rings is 2. The number of ether oxygens (including phenoxy) is 2. The molecule has 0 unspecified atom stereocenters. The van der Waals surface area contributed by atoms with Gasteiger partial charge in [-0.2, -0.15) is 0 Å². The molecule has 35 heavy (non-hydrogen) atoms. The van der Waals surface area contributed by atoms with Crippen molar-refractivity contribution >= 4 is 29.4 Å². The average molecular weight is 470 g/mol. The summed E-state index contributed by atoms with van der Waals surface area (Å²) in [7, 11) is 2.99. The van der Waals surface area contributed by atoms with Crippen LogP contribution in [-0.4, -0.2) is 42.8 Å². The fourth-order valence-corrected chi connectivity index (χ4v) is 5.63. The van der Waals surface area contributed by atoms with E-state index in [4.69, 9.17) is 13.9 Å². The van der Waals surface area contributed by atoms with E-state index >= 15 is 0 Å². The lowest BCUT2D eigenvalue weighted by atomic mass is 9.84. The number of imide groups is 1. The number of methoxy groups -OCH3 is 2. The second-order valence-corrected chi connectivity index (χ2v) is 8.72. The molecule has 176 valence electrons. The molecule has 3 aliphatic heterocycles. The van der Waals surface area contributed by atoms with Crippen molar-refractivity contribution in [1.29, 1.82) is 0 Å². The number of hydrogen-bond donors (Lipinski definition) is 0. The minimum absolute atomic E-state index is 0.152. The molecule has 4 heterocycles. The molecule has 1 aromatic heterocycles. The van der Waals surface area contributed by atoms with Gasteiger partial charge in [-0.25, -0.2) is 4.90 Å². The number of furan rings is 1. The van der Waals surface area contributed by atoms with E-state index in [1.807, 2.05) is 41.4 Å². The Balaban J connectivity index is 1.51. The number of anilines is 1. The molecule has 0 radical (unpaired) electrons. The monoisotopic (exact) mass is 470 g/mol. The van der Waals surface area contributed by atoms with Crippen LogP contribution in [0.1, 0.15) is 27.7 Å². The highest BCUT2D eigenvalue weighted by atomic mass is 16.5. The lowest BCUT2D eigenvalue weighted by molar-refractivity contribution is -0.123. The van der Waals surface area contributed by atoms with Crippen LogP contribution in [0.2, 0.25) is 0 Å². The first kappa shape index (κ1) is 21.2. The van der Waals surface area contributed by atoms with Crippen LogP contribution >= 0.6 is 0 Å². The summed E-state index contributed by atoms with van der Waals surface area (Å²) in [5, 5.41) is 0. The van der Waals surface area contributed by atoms with Crippen LogP contribution in [0.15, 0.2) is 71.5 Å². The van der Waals surface area contributed by atoms with Crippen molar-refractivity contribution in [2.24, 2.45) is 11.8 Å². The van der Waals surface area contributed by atoms with E-state index in [9.17, 15) is 14.4 Å². The molecule has 8 heteroatoms. The molecule has 0 spiro atoms. The van der Waals surface area contributed by atoms with Crippen molar-refractivity contribution < 1.29 is 28.3 Å². The van der Waals surface area contributed by atoms with E-state index < -0.39 is 29.8 Å². The predicted molar refractivity (Wildman–Crippen MR) is 126 cm³/mol. The van der Waals surface area contributed by atoms with Gasteiger partial charge in [-0.3, -0.25) is 14.4 Å². The molecule has 2 saturated heterocycles. The lowest BCUT2D eigenvalue weighted by Crippen LogP contribution is -2.44. The summed E-state index contributed by atoms with van der Waals surface area (Å²) in [5.74, 6) is -1.81. The number of amides is 2. The summed E-state index contributed by atoms with van der Waals surface area (Å²) >= 11 is 0. The number of hydrogen-bond acceptors (Lipinski definition) is 7. The van der Waals surface area contributed by atoms with E-state index in [0.717, 1.165) is 16.0 Å². The van der Waals surface area contributed by atoms with Crippen LogP contribution in [0.25, 0.3) is 6.08 Å². The molecule has 0 aliphatic carbocycles. The van der Waals surface area contributed by atoms with Gasteiger partial charge in [0, 0.05) is 12.3 Å². The second-order valence-electron chi connectivity index (χ2n) is 8.72. The highest BCUT2D eigenvalue weighted by Crippen LogP contribution is 2.54. The fraction of sp³-hybridized carbons (Fsp3) is 0.222. The number of carbonyl (C=O) groups excluding carboxylic acids is 3. The first-order chi connectivity index (χ1) is 17.0. The summed E-state index contributed by atoms with van der Waals surface area (Å²) in [6.07, 6.45) is 5.15. The minimum Gasteiger partial charge on any atom is -0.497 e. The van der Waals surface area contributed by atoms with Gasteiger partial charge >= 0.3 is 0 Å². The van der Waals surface area contributed by atoms with Crippen molar-refractivity contribution in [3.8, 4) is 11.5 Å². The SMILES string of the molecule is COc1ccc(OC)c(N2C(=O)[C@@H]3[C@H](C2=O)[C@@H]2c4ccccc4C=CN2[C@H]3C(=O)c2ccco2)c1. The standard InChI is InChI=1S/C27H22N2O6/c1-33-16-9-10-19(34-2)18(14-16)29-26(31)21-22(27(29)32)24(25(30)20-8-5-13-35-20)28-12-11-15-6-3-4-7-17(15)23(21)28/h3-14,21-24H,1-2H3/t21-,22+,23-,24+/m0/s1. The Labute approximate surface area is 201 Å². The van der Waals surface area contributed by atoms with Gasteiger partial charge in [0.25, 0.3) is 0 Å². The van der Waals surface area contributed by atoms with Crippen LogP contribution in [0.5, 0.6) is 11.5 Å². The van der Waals surface area contributed by atoms with Gasteiger partial charge < -0.3 is 18.8 Å². The van der Waals surface area contributed by atoms with Crippen LogP contribution in [0.4, 0.5) is 5.69 Å². The zero-order chi connectivity index (χ0) is 24.3.